The van der Waals surface area contributed by atoms with Gasteiger partial charge in [-0.1, -0.05) is 42.5 Å². The smallest absolute Gasteiger partial charge is 0.330 e. The van der Waals surface area contributed by atoms with Crippen LogP contribution in [-0.2, 0) is 16.0 Å². The molecule has 2 aromatic rings. The lowest BCUT2D eigenvalue weighted by Gasteiger charge is -2.15. The van der Waals surface area contributed by atoms with Crippen molar-refractivity contribution < 1.29 is 19.8 Å². The first-order valence-corrected chi connectivity index (χ1v) is 6.41. The van der Waals surface area contributed by atoms with E-state index in [1.165, 1.54) is 12.1 Å². The monoisotopic (exact) mass is 285 g/mol. The Morgan fingerprint density at radius 1 is 1.05 bits per heavy atom. The van der Waals surface area contributed by atoms with E-state index in [0.29, 0.717) is 11.1 Å². The highest BCUT2D eigenvalue weighted by Gasteiger charge is 2.21. The Labute approximate surface area is 121 Å². The summed E-state index contributed by atoms with van der Waals surface area (Å²) in [5.74, 6) is -1.47. The number of rotatable bonds is 5. The minimum atomic E-state index is -1.12. The van der Waals surface area contributed by atoms with Gasteiger partial charge in [-0.2, -0.15) is 0 Å². The first-order chi connectivity index (χ1) is 10.1. The van der Waals surface area contributed by atoms with E-state index in [9.17, 15) is 19.8 Å². The maximum atomic E-state index is 12.0. The van der Waals surface area contributed by atoms with Gasteiger partial charge in [0.1, 0.15) is 5.75 Å². The number of benzene rings is 2. The van der Waals surface area contributed by atoms with Crippen molar-refractivity contribution in [3.8, 4) is 5.75 Å². The number of phenols is 1. The van der Waals surface area contributed by atoms with Crippen molar-refractivity contribution in [1.29, 1.82) is 0 Å². The van der Waals surface area contributed by atoms with Crippen LogP contribution in [0.3, 0.4) is 0 Å². The van der Waals surface area contributed by atoms with Gasteiger partial charge in [-0.25, -0.2) is 4.79 Å². The molecule has 0 aliphatic heterocycles. The van der Waals surface area contributed by atoms with Crippen LogP contribution >= 0.6 is 0 Å². The predicted molar refractivity (Wildman–Crippen MR) is 76.8 cm³/mol. The largest absolute Gasteiger partial charge is 0.508 e. The van der Waals surface area contributed by atoms with Gasteiger partial charge >= 0.3 is 5.97 Å². The van der Waals surface area contributed by atoms with Crippen LogP contribution in [0.1, 0.15) is 17.2 Å². The molecule has 5 nitrogen and oxygen atoms in total. The maximum Gasteiger partial charge on any atom is 0.330 e. The Hall–Kier alpha value is -2.82. The van der Waals surface area contributed by atoms with Crippen molar-refractivity contribution in [2.24, 2.45) is 0 Å². The molecule has 5 heteroatoms. The molecular weight excluding hydrogens is 270 g/mol. The quantitative estimate of drug-likeness (QED) is 0.782. The highest BCUT2D eigenvalue weighted by Crippen LogP contribution is 2.14. The van der Waals surface area contributed by atoms with E-state index >= 15 is 0 Å². The molecule has 0 radical (unpaired) electrons. The molecule has 0 fully saturated rings. The highest BCUT2D eigenvalue weighted by molar-refractivity contribution is 5.85. The maximum absolute atomic E-state index is 12.0. The van der Waals surface area contributed by atoms with E-state index in [1.807, 2.05) is 0 Å². The summed E-state index contributed by atoms with van der Waals surface area (Å²) in [4.78, 5) is 23.2. The molecule has 1 atom stereocenters. The molecule has 0 saturated carbocycles. The Balaban J connectivity index is 2.07. The average molecular weight is 285 g/mol. The lowest BCUT2D eigenvalue weighted by molar-refractivity contribution is -0.141. The number of carbonyl (C=O) groups is 2. The number of nitrogens with one attached hydrogen (secondary N) is 1. The van der Waals surface area contributed by atoms with Gasteiger partial charge in [0.2, 0.25) is 5.91 Å². The van der Waals surface area contributed by atoms with Gasteiger partial charge in [-0.3, -0.25) is 4.79 Å². The van der Waals surface area contributed by atoms with E-state index < -0.39 is 17.9 Å². The second-order valence-electron chi connectivity index (χ2n) is 4.60. The summed E-state index contributed by atoms with van der Waals surface area (Å²) in [6.45, 7) is 0. The summed E-state index contributed by atoms with van der Waals surface area (Å²) in [5.41, 5.74) is 1.12. The zero-order valence-electron chi connectivity index (χ0n) is 11.2. The molecule has 2 aromatic carbocycles. The molecule has 0 aliphatic carbocycles. The van der Waals surface area contributed by atoms with E-state index in [4.69, 9.17) is 0 Å². The van der Waals surface area contributed by atoms with E-state index in [-0.39, 0.29) is 12.2 Å². The molecule has 0 saturated heterocycles. The molecule has 0 heterocycles. The second kappa shape index (κ2) is 6.56. The number of carbonyl (C=O) groups excluding carboxylic acids is 1. The SMILES string of the molecule is O=C(Cc1cccc(O)c1)NC(C(=O)O)c1ccccc1. The van der Waals surface area contributed by atoms with Crippen LogP contribution in [0.4, 0.5) is 0 Å². The first kappa shape index (κ1) is 14.6. The number of carboxylic acid groups (broad SMARTS) is 1. The highest BCUT2D eigenvalue weighted by atomic mass is 16.4. The number of hydrogen-bond acceptors (Lipinski definition) is 3. The third-order valence-electron chi connectivity index (χ3n) is 2.96. The number of aliphatic carboxylic acids is 1. The van der Waals surface area contributed by atoms with Crippen LogP contribution in [0.2, 0.25) is 0 Å². The van der Waals surface area contributed by atoms with Crippen molar-refractivity contribution in [3.05, 3.63) is 65.7 Å². The molecule has 1 unspecified atom stereocenters. The molecule has 0 aliphatic rings. The van der Waals surface area contributed by atoms with Crippen LogP contribution in [0.15, 0.2) is 54.6 Å². The summed E-state index contributed by atoms with van der Waals surface area (Å²) >= 11 is 0. The van der Waals surface area contributed by atoms with Crippen LogP contribution in [0.25, 0.3) is 0 Å². The van der Waals surface area contributed by atoms with Crippen molar-refractivity contribution in [2.45, 2.75) is 12.5 Å². The number of carboxylic acids is 1. The second-order valence-corrected chi connectivity index (χ2v) is 4.60. The van der Waals surface area contributed by atoms with Crippen molar-refractivity contribution >= 4 is 11.9 Å². The van der Waals surface area contributed by atoms with Gasteiger partial charge < -0.3 is 15.5 Å². The summed E-state index contributed by atoms with van der Waals surface area (Å²) in [6, 6.07) is 13.7. The van der Waals surface area contributed by atoms with Gasteiger partial charge in [0, 0.05) is 0 Å². The summed E-state index contributed by atoms with van der Waals surface area (Å²) in [6.07, 6.45) is 0.00497. The first-order valence-electron chi connectivity index (χ1n) is 6.41. The molecule has 0 aromatic heterocycles. The minimum Gasteiger partial charge on any atom is -0.508 e. The third-order valence-corrected chi connectivity index (χ3v) is 2.96. The van der Waals surface area contributed by atoms with Gasteiger partial charge in [-0.05, 0) is 23.3 Å². The van der Waals surface area contributed by atoms with E-state index in [2.05, 4.69) is 5.32 Å². The Bertz CT molecular complexity index is 640. The van der Waals surface area contributed by atoms with Crippen LogP contribution in [0, 0.1) is 0 Å². The summed E-state index contributed by atoms with van der Waals surface area (Å²) in [5, 5.41) is 21.1. The van der Waals surface area contributed by atoms with Gasteiger partial charge in [0.05, 0.1) is 6.42 Å². The standard InChI is InChI=1S/C16H15NO4/c18-13-8-4-5-11(9-13)10-14(19)17-15(16(20)21)12-6-2-1-3-7-12/h1-9,15,18H,10H2,(H,17,19)(H,20,21). The molecule has 0 bridgehead atoms. The third kappa shape index (κ3) is 4.07. The zero-order valence-corrected chi connectivity index (χ0v) is 11.2. The Morgan fingerprint density at radius 2 is 1.76 bits per heavy atom. The van der Waals surface area contributed by atoms with E-state index in [1.54, 1.807) is 42.5 Å². The number of aromatic hydroxyl groups is 1. The molecule has 21 heavy (non-hydrogen) atoms. The molecule has 3 N–H and O–H groups in total. The minimum absolute atomic E-state index is 0.00497. The summed E-state index contributed by atoms with van der Waals surface area (Å²) in [7, 11) is 0. The van der Waals surface area contributed by atoms with Crippen molar-refractivity contribution in [3.63, 3.8) is 0 Å². The molecular formula is C16H15NO4. The van der Waals surface area contributed by atoms with Crippen LogP contribution < -0.4 is 5.32 Å². The number of amides is 1. The predicted octanol–water partition coefficient (Wildman–Crippen LogP) is 1.88. The summed E-state index contributed by atoms with van der Waals surface area (Å²) < 4.78 is 0. The van der Waals surface area contributed by atoms with Crippen molar-refractivity contribution in [2.75, 3.05) is 0 Å². The van der Waals surface area contributed by atoms with Crippen LogP contribution in [0.5, 0.6) is 5.75 Å². The molecule has 108 valence electrons. The fourth-order valence-electron chi connectivity index (χ4n) is 2.00. The van der Waals surface area contributed by atoms with Gasteiger partial charge in [0.25, 0.3) is 0 Å². The topological polar surface area (TPSA) is 86.6 Å². The van der Waals surface area contributed by atoms with Gasteiger partial charge in [0.15, 0.2) is 6.04 Å². The fraction of sp³-hybridized carbons (Fsp3) is 0.125. The Kier molecular flexibility index (Phi) is 4.56. The lowest BCUT2D eigenvalue weighted by atomic mass is 10.1. The van der Waals surface area contributed by atoms with Crippen molar-refractivity contribution in [1.82, 2.24) is 5.32 Å². The lowest BCUT2D eigenvalue weighted by Crippen LogP contribution is -2.34. The average Bonchev–Trinajstić information content (AvgIpc) is 2.45. The molecule has 2 rings (SSSR count). The number of hydrogen-bond donors (Lipinski definition) is 3. The van der Waals surface area contributed by atoms with Gasteiger partial charge in [-0.15, -0.1) is 0 Å². The molecule has 0 spiro atoms. The van der Waals surface area contributed by atoms with Crippen LogP contribution in [-0.4, -0.2) is 22.1 Å². The Morgan fingerprint density at radius 3 is 2.38 bits per heavy atom. The zero-order chi connectivity index (χ0) is 15.2. The normalized spacial score (nSPS) is 11.6. The number of phenolic OH excluding ortho intramolecular Hbond substituents is 1. The molecule has 1 amide bonds. The fourth-order valence-corrected chi connectivity index (χ4v) is 2.00. The van der Waals surface area contributed by atoms with E-state index in [0.717, 1.165) is 0 Å².